The Morgan fingerprint density at radius 2 is 1.94 bits per heavy atom. The molecule has 1 aromatic heterocycles. The normalized spacial score (nSPS) is 19.3. The lowest BCUT2D eigenvalue weighted by atomic mass is 9.73. The van der Waals surface area contributed by atoms with Gasteiger partial charge in [0.05, 0.1) is 24.4 Å². The van der Waals surface area contributed by atoms with Crippen molar-refractivity contribution in [3.63, 3.8) is 0 Å². The van der Waals surface area contributed by atoms with E-state index >= 15 is 0 Å². The van der Waals surface area contributed by atoms with Gasteiger partial charge < -0.3 is 5.11 Å². The molecule has 0 saturated heterocycles. The smallest absolute Gasteiger partial charge is 0.307 e. The van der Waals surface area contributed by atoms with E-state index in [0.29, 0.717) is 22.0 Å². The summed E-state index contributed by atoms with van der Waals surface area (Å²) in [5.41, 5.74) is 7.46. The Hall–Kier alpha value is -2.38. The van der Waals surface area contributed by atoms with Crippen molar-refractivity contribution < 1.29 is 18.3 Å². The van der Waals surface area contributed by atoms with Crippen LogP contribution in [0.2, 0.25) is 5.15 Å². The summed E-state index contributed by atoms with van der Waals surface area (Å²) in [7, 11) is -3.67. The van der Waals surface area contributed by atoms with Crippen molar-refractivity contribution in [1.82, 2.24) is 4.98 Å². The number of nitrogens with zero attached hydrogens (tertiary/aromatic N) is 2. The van der Waals surface area contributed by atoms with Crippen LogP contribution in [-0.2, 0) is 21.2 Å². The molecule has 0 spiro atoms. The van der Waals surface area contributed by atoms with Gasteiger partial charge in [0.15, 0.2) is 0 Å². The van der Waals surface area contributed by atoms with E-state index in [1.165, 1.54) is 10.6 Å². The first kappa shape index (κ1) is 24.7. The van der Waals surface area contributed by atoms with Crippen LogP contribution in [-0.4, -0.2) is 30.7 Å². The number of fused-ring (bicyclic) bond motifs is 3. The van der Waals surface area contributed by atoms with E-state index in [2.05, 4.69) is 24.9 Å². The van der Waals surface area contributed by atoms with Crippen LogP contribution in [0.3, 0.4) is 0 Å². The average Bonchev–Trinajstić information content (AvgIpc) is 2.71. The van der Waals surface area contributed by atoms with Crippen LogP contribution in [0.5, 0.6) is 0 Å². The molecule has 0 bridgehead atoms. The number of benzene rings is 1. The number of anilines is 1. The summed E-state index contributed by atoms with van der Waals surface area (Å²) in [6.45, 7) is 10.1. The third kappa shape index (κ3) is 4.13. The number of pyridine rings is 1. The molecule has 0 amide bonds. The van der Waals surface area contributed by atoms with Crippen molar-refractivity contribution in [3.8, 4) is 11.1 Å². The largest absolute Gasteiger partial charge is 0.481 e. The first-order valence-corrected chi connectivity index (χ1v) is 13.7. The molecule has 0 saturated carbocycles. The summed E-state index contributed by atoms with van der Waals surface area (Å²) in [4.78, 5) is 16.2. The van der Waals surface area contributed by atoms with Gasteiger partial charge in [0.2, 0.25) is 10.0 Å². The van der Waals surface area contributed by atoms with Gasteiger partial charge in [-0.1, -0.05) is 31.5 Å². The molecular weight excluding hydrogens is 472 g/mol. The number of rotatable bonds is 4. The maximum absolute atomic E-state index is 13.1. The highest BCUT2D eigenvalue weighted by Gasteiger charge is 2.39. The van der Waals surface area contributed by atoms with E-state index in [1.54, 1.807) is 12.3 Å². The molecule has 2 heterocycles. The number of carboxylic acid groups (broad SMARTS) is 1. The van der Waals surface area contributed by atoms with E-state index in [9.17, 15) is 18.3 Å². The lowest BCUT2D eigenvalue weighted by Crippen LogP contribution is -2.37. The van der Waals surface area contributed by atoms with Crippen molar-refractivity contribution in [2.75, 3.05) is 10.6 Å². The lowest BCUT2D eigenvalue weighted by molar-refractivity contribution is -0.136. The number of hydrogen-bond acceptors (Lipinski definition) is 4. The third-order valence-electron chi connectivity index (χ3n) is 7.27. The second-order valence-corrected chi connectivity index (χ2v) is 12.6. The van der Waals surface area contributed by atoms with Crippen molar-refractivity contribution in [1.29, 1.82) is 0 Å². The zero-order valence-electron chi connectivity index (χ0n) is 20.5. The number of hydrogen-bond donors (Lipinski definition) is 1. The maximum Gasteiger partial charge on any atom is 0.307 e. The zero-order chi connectivity index (χ0) is 25.2. The number of aromatic nitrogens is 1. The van der Waals surface area contributed by atoms with Gasteiger partial charge in [-0.25, -0.2) is 13.4 Å². The van der Waals surface area contributed by atoms with Crippen molar-refractivity contribution >= 4 is 38.9 Å². The Morgan fingerprint density at radius 3 is 2.50 bits per heavy atom. The fourth-order valence-corrected chi connectivity index (χ4v) is 6.95. The predicted molar refractivity (Wildman–Crippen MR) is 137 cm³/mol. The average molecular weight is 503 g/mol. The van der Waals surface area contributed by atoms with Crippen LogP contribution >= 0.6 is 11.6 Å². The molecule has 2 aromatic rings. The molecule has 1 N–H and O–H groups in total. The van der Waals surface area contributed by atoms with Crippen LogP contribution in [0.1, 0.15) is 73.9 Å². The van der Waals surface area contributed by atoms with Crippen molar-refractivity contribution in [2.45, 2.75) is 66.3 Å². The topological polar surface area (TPSA) is 87.6 Å². The minimum Gasteiger partial charge on any atom is -0.481 e. The summed E-state index contributed by atoms with van der Waals surface area (Å²) >= 11 is 6.21. The van der Waals surface area contributed by atoms with Crippen molar-refractivity contribution in [3.05, 3.63) is 51.3 Å². The van der Waals surface area contributed by atoms with Gasteiger partial charge >= 0.3 is 5.97 Å². The van der Waals surface area contributed by atoms with Crippen LogP contribution in [0.25, 0.3) is 16.7 Å². The number of carboxylic acids is 1. The molecule has 4 rings (SSSR count). The van der Waals surface area contributed by atoms with E-state index in [0.717, 1.165) is 52.7 Å². The van der Waals surface area contributed by atoms with E-state index in [1.807, 2.05) is 20.8 Å². The second-order valence-electron chi connectivity index (χ2n) is 10.3. The molecule has 1 aromatic carbocycles. The van der Waals surface area contributed by atoms with Gasteiger partial charge in [-0.2, -0.15) is 0 Å². The summed E-state index contributed by atoms with van der Waals surface area (Å²) < 4.78 is 27.5. The van der Waals surface area contributed by atoms with Gasteiger partial charge in [0.1, 0.15) is 5.15 Å². The van der Waals surface area contributed by atoms with E-state index < -0.39 is 22.0 Å². The number of carbonyl (C=O) groups is 1. The van der Waals surface area contributed by atoms with Gasteiger partial charge in [0, 0.05) is 17.3 Å². The molecule has 0 unspecified atom stereocenters. The Kier molecular flexibility index (Phi) is 6.10. The highest BCUT2D eigenvalue weighted by molar-refractivity contribution is 7.92. The molecule has 34 heavy (non-hydrogen) atoms. The first-order valence-electron chi connectivity index (χ1n) is 11.5. The first-order chi connectivity index (χ1) is 15.7. The SMILES string of the molecule is Cc1c(C2=CCC(C)(C)CC2)c(CC(=O)O)c(C)c2c1-c1cnc(Cl)cc1[C@@H](C)N2S(C)(=O)=O. The second kappa shape index (κ2) is 8.38. The fraction of sp³-hybridized carbons (Fsp3) is 0.462. The maximum atomic E-state index is 13.1. The third-order valence-corrected chi connectivity index (χ3v) is 8.69. The van der Waals surface area contributed by atoms with Gasteiger partial charge in [0.25, 0.3) is 0 Å². The minimum absolute atomic E-state index is 0.173. The van der Waals surface area contributed by atoms with Gasteiger partial charge in [-0.05, 0) is 84.9 Å². The van der Waals surface area contributed by atoms with Crippen LogP contribution in [0.15, 0.2) is 18.3 Å². The highest BCUT2D eigenvalue weighted by Crippen LogP contribution is 2.53. The number of aliphatic carboxylic acids is 1. The number of allylic oxidation sites excluding steroid dienone is 2. The standard InChI is InChI=1S/C26H31ClN2O4S/c1-14-18(12-22(30)31)23(17-7-9-26(4,5)10-8-17)15(2)24-20-13-28-21(27)11-19(20)16(3)29(25(14)24)34(6,32)33/h7,11,13,16H,8-10,12H2,1-6H3,(H,30,31)/t16-/m1/s1. The Bertz CT molecular complexity index is 1350. The highest BCUT2D eigenvalue weighted by atomic mass is 35.5. The van der Waals surface area contributed by atoms with Crippen LogP contribution in [0.4, 0.5) is 5.69 Å². The molecule has 8 heteroatoms. The monoisotopic (exact) mass is 502 g/mol. The van der Waals surface area contributed by atoms with Crippen LogP contribution in [0, 0.1) is 19.3 Å². The predicted octanol–water partition coefficient (Wildman–Crippen LogP) is 6.08. The van der Waals surface area contributed by atoms with E-state index in [4.69, 9.17) is 11.6 Å². The number of halogens is 1. The summed E-state index contributed by atoms with van der Waals surface area (Å²) in [5.74, 6) is -0.941. The van der Waals surface area contributed by atoms with E-state index in [-0.39, 0.29) is 11.8 Å². The summed E-state index contributed by atoms with van der Waals surface area (Å²) in [6, 6.07) is 1.22. The molecule has 0 radical (unpaired) electrons. The molecule has 2 aliphatic rings. The molecule has 1 aliphatic carbocycles. The van der Waals surface area contributed by atoms with Crippen molar-refractivity contribution in [2.24, 2.45) is 5.41 Å². The Labute approximate surface area is 206 Å². The molecule has 0 fully saturated rings. The number of sulfonamides is 1. The molecule has 1 aliphatic heterocycles. The Morgan fingerprint density at radius 1 is 1.26 bits per heavy atom. The molecule has 6 nitrogen and oxygen atoms in total. The summed E-state index contributed by atoms with van der Waals surface area (Å²) in [6.07, 6.45) is 7.70. The van der Waals surface area contributed by atoms with Crippen LogP contribution < -0.4 is 4.31 Å². The van der Waals surface area contributed by atoms with Gasteiger partial charge in [-0.3, -0.25) is 9.10 Å². The zero-order valence-corrected chi connectivity index (χ0v) is 22.1. The summed E-state index contributed by atoms with van der Waals surface area (Å²) in [5, 5.41) is 10.1. The molecule has 182 valence electrons. The fourth-order valence-electron chi connectivity index (χ4n) is 5.53. The lowest BCUT2D eigenvalue weighted by Gasteiger charge is -2.40. The molecular formula is C26H31ClN2O4S. The quantitative estimate of drug-likeness (QED) is 0.512. The van der Waals surface area contributed by atoms with Gasteiger partial charge in [-0.15, -0.1) is 0 Å². The Balaban J connectivity index is 2.13. The molecule has 1 atom stereocenters. The minimum atomic E-state index is -3.67.